The van der Waals surface area contributed by atoms with Gasteiger partial charge < -0.3 is 14.8 Å². The summed E-state index contributed by atoms with van der Waals surface area (Å²) < 4.78 is 66.7. The number of carbonyl (C=O) groups is 2. The zero-order valence-electron chi connectivity index (χ0n) is 57.1. The molecule has 0 saturated heterocycles. The van der Waals surface area contributed by atoms with Crippen LogP contribution in [-0.2, 0) is 9.53 Å². The smallest absolute Gasteiger partial charge is 0.338 e. The molecule has 0 radical (unpaired) electrons. The SMILES string of the molecule is CC(=O)Nc1ccc(-c2cc(F)cc(-n3nnc(-c4ccccn4)n3)c2)cc1.COC(=O)c1ccccc1-c1cc(F)cc(-n2nnc(-c3ccccn3)n2)c1.COc1ncc(-c2cc(F)cc(-n3nnc(-c4ccccn4)n3)c2)cn1.CSc1ccccc1-c1cc(F)cc(-n2nnc(-c3ccccn3)n2)c1. The summed E-state index contributed by atoms with van der Waals surface area (Å²) in [4.78, 5) is 54.1. The van der Waals surface area contributed by atoms with Gasteiger partial charge in [-0.2, -0.15) is 0 Å². The van der Waals surface area contributed by atoms with Gasteiger partial charge in [-0.3, -0.25) is 24.7 Å². The predicted octanol–water partition coefficient (Wildman–Crippen LogP) is 13.4. The highest BCUT2D eigenvalue weighted by Gasteiger charge is 2.19. The van der Waals surface area contributed by atoms with Crippen LogP contribution in [0.3, 0.4) is 0 Å². The van der Waals surface area contributed by atoms with Gasteiger partial charge in [-0.25, -0.2) is 32.3 Å². The zero-order chi connectivity index (χ0) is 74.9. The van der Waals surface area contributed by atoms with Gasteiger partial charge in [-0.1, -0.05) is 72.8 Å². The third kappa shape index (κ3) is 17.7. The molecule has 9 heterocycles. The van der Waals surface area contributed by atoms with E-state index in [4.69, 9.17) is 9.47 Å². The Kier molecular flexibility index (Phi) is 22.3. The largest absolute Gasteiger partial charge is 0.467 e. The van der Waals surface area contributed by atoms with Crippen molar-refractivity contribution in [3.63, 3.8) is 0 Å². The molecule has 1 amide bonds. The minimum Gasteiger partial charge on any atom is -0.467 e. The monoisotopic (exact) mass is 1460 g/mol. The number of nitrogens with one attached hydrogen (secondary N) is 1. The topological polar surface area (TPSA) is 316 Å². The Bertz CT molecular complexity index is 5770. The van der Waals surface area contributed by atoms with Crippen LogP contribution >= 0.6 is 11.8 Å². The van der Waals surface area contributed by atoms with Crippen LogP contribution in [0.2, 0.25) is 0 Å². The molecule has 16 rings (SSSR count). The molecule has 32 heteroatoms. The minimum absolute atomic E-state index is 0.151. The molecule has 0 saturated carbocycles. The Morgan fingerprint density at radius 3 is 1.13 bits per heavy atom. The van der Waals surface area contributed by atoms with E-state index in [1.54, 1.807) is 158 Å². The van der Waals surface area contributed by atoms with Crippen molar-refractivity contribution in [1.29, 1.82) is 0 Å². The van der Waals surface area contributed by atoms with E-state index >= 15 is 0 Å². The van der Waals surface area contributed by atoms with Crippen LogP contribution in [-0.4, -0.2) is 143 Å². The third-order valence-corrected chi connectivity index (χ3v) is 16.2. The molecule has 27 nitrogen and oxygen atoms in total. The Morgan fingerprint density at radius 1 is 0.389 bits per heavy atom. The van der Waals surface area contributed by atoms with Crippen LogP contribution in [0.5, 0.6) is 6.01 Å². The van der Waals surface area contributed by atoms with Crippen molar-refractivity contribution in [3.05, 3.63) is 284 Å². The highest BCUT2D eigenvalue weighted by atomic mass is 32.2. The number of anilines is 1. The maximum atomic E-state index is 14.3. The van der Waals surface area contributed by atoms with E-state index in [-0.39, 0.29) is 17.7 Å². The maximum Gasteiger partial charge on any atom is 0.338 e. The van der Waals surface area contributed by atoms with Crippen LogP contribution in [0, 0.1) is 23.3 Å². The molecular formula is C76H55F4N23O4S. The number of amides is 1. The number of benzene rings is 7. The number of halogens is 4. The van der Waals surface area contributed by atoms with Gasteiger partial charge >= 0.3 is 12.0 Å². The maximum absolute atomic E-state index is 14.3. The fourth-order valence-corrected chi connectivity index (χ4v) is 11.1. The Labute approximate surface area is 615 Å². The molecule has 0 bridgehead atoms. The van der Waals surface area contributed by atoms with E-state index < -0.39 is 23.4 Å². The molecule has 7 aromatic carbocycles. The van der Waals surface area contributed by atoms with Crippen molar-refractivity contribution < 1.29 is 36.6 Å². The number of carbonyl (C=O) groups excluding carboxylic acids is 2. The second-order valence-corrected chi connectivity index (χ2v) is 23.6. The lowest BCUT2D eigenvalue weighted by atomic mass is 9.99. The molecule has 0 aliphatic carbocycles. The summed E-state index contributed by atoms with van der Waals surface area (Å²) in [6.07, 6.45) is 11.7. The number of hydrogen-bond acceptors (Lipinski definition) is 23. The van der Waals surface area contributed by atoms with Crippen molar-refractivity contribution in [2.24, 2.45) is 0 Å². The Balaban J connectivity index is 0.000000127. The first kappa shape index (κ1) is 71.7. The van der Waals surface area contributed by atoms with Crippen molar-refractivity contribution >= 4 is 29.3 Å². The van der Waals surface area contributed by atoms with Crippen LogP contribution in [0.15, 0.2) is 260 Å². The van der Waals surface area contributed by atoms with Crippen LogP contribution < -0.4 is 10.1 Å². The fourth-order valence-electron chi connectivity index (χ4n) is 10.5. The summed E-state index contributed by atoms with van der Waals surface area (Å²) >= 11 is 1.62. The summed E-state index contributed by atoms with van der Waals surface area (Å²) in [5.41, 5.74) is 10.5. The van der Waals surface area contributed by atoms with Crippen LogP contribution in [0.25, 0.3) is 113 Å². The molecule has 9 aromatic heterocycles. The molecule has 0 unspecified atom stereocenters. The summed E-state index contributed by atoms with van der Waals surface area (Å²) in [5.74, 6) is -0.953. The number of methoxy groups -OCH3 is 2. The molecule has 0 spiro atoms. The van der Waals surface area contributed by atoms with Crippen LogP contribution in [0.4, 0.5) is 23.2 Å². The number of esters is 1. The minimum atomic E-state index is -0.502. The van der Waals surface area contributed by atoms with Crippen LogP contribution in [0.1, 0.15) is 17.3 Å². The van der Waals surface area contributed by atoms with Gasteiger partial charge in [-0.05, 0) is 187 Å². The van der Waals surface area contributed by atoms with Crippen molar-refractivity contribution in [3.8, 4) is 119 Å². The highest BCUT2D eigenvalue weighted by Crippen LogP contribution is 2.33. The first-order chi connectivity index (χ1) is 52.7. The molecule has 532 valence electrons. The highest BCUT2D eigenvalue weighted by molar-refractivity contribution is 7.98. The number of thioether (sulfide) groups is 1. The van der Waals surface area contributed by atoms with Gasteiger partial charge in [0.25, 0.3) is 0 Å². The molecule has 0 atom stereocenters. The lowest BCUT2D eigenvalue weighted by Crippen LogP contribution is -2.05. The lowest BCUT2D eigenvalue weighted by molar-refractivity contribution is -0.114. The quantitative estimate of drug-likeness (QED) is 0.0533. The molecular weight excluding hydrogens is 1410 g/mol. The van der Waals surface area contributed by atoms with Crippen molar-refractivity contribution in [2.45, 2.75) is 11.8 Å². The number of hydrogen-bond donors (Lipinski definition) is 1. The second kappa shape index (κ2) is 33.6. The summed E-state index contributed by atoms with van der Waals surface area (Å²) in [6, 6.07) is 61.7. The molecule has 16 aromatic rings. The molecule has 0 aliphatic rings. The van der Waals surface area contributed by atoms with Gasteiger partial charge in [0.15, 0.2) is 0 Å². The van der Waals surface area contributed by atoms with E-state index in [9.17, 15) is 27.2 Å². The summed E-state index contributed by atoms with van der Waals surface area (Å²) in [6.45, 7) is 1.44. The Morgan fingerprint density at radius 2 is 0.750 bits per heavy atom. The lowest BCUT2D eigenvalue weighted by Gasteiger charge is -2.09. The van der Waals surface area contributed by atoms with Gasteiger partial charge in [0.1, 0.15) is 46.0 Å². The standard InChI is InChI=1S/C20H15FN6O.C20H14FN5O2.C19H14FN5S.C17H12FN7O/c1-13(28)23-17-7-5-14(6-8-17)15-10-16(21)12-18(11-15)27-25-20(24-26-27)19-4-2-3-9-22-19;1-28-20(27)17-7-3-2-6-16(17)13-10-14(21)12-15(11-13)26-24-19(23-25-26)18-8-4-5-9-22-18;1-26-18-8-3-2-6-16(18)13-10-14(20)12-15(11-13)25-23-19(22-24-25)17-7-4-5-9-21-17;1-26-17-20-9-12(10-21-17)11-6-13(18)8-14(7-11)25-23-16(22-24-25)15-4-2-3-5-19-15/h2-12H,1H3,(H,23,28);2-12H,1H3;2-12H,1H3;2-10H,1H3. The van der Waals surface area contributed by atoms with Crippen molar-refractivity contribution in [2.75, 3.05) is 25.8 Å². The van der Waals surface area contributed by atoms with E-state index in [0.29, 0.717) is 108 Å². The number of aromatic nitrogens is 22. The van der Waals surface area contributed by atoms with Gasteiger partial charge in [-0.15, -0.1) is 71.7 Å². The normalized spacial score (nSPS) is 10.7. The van der Waals surface area contributed by atoms with E-state index in [1.165, 1.54) is 88.9 Å². The predicted molar refractivity (Wildman–Crippen MR) is 391 cm³/mol. The summed E-state index contributed by atoms with van der Waals surface area (Å²) in [7, 11) is 2.78. The average molecular weight is 1460 g/mol. The van der Waals surface area contributed by atoms with Crippen molar-refractivity contribution in [1.82, 2.24) is 111 Å². The first-order valence-electron chi connectivity index (χ1n) is 32.4. The summed E-state index contributed by atoms with van der Waals surface area (Å²) in [5, 5.41) is 51.8. The number of pyridine rings is 4. The van der Waals surface area contributed by atoms with Gasteiger partial charge in [0, 0.05) is 84.5 Å². The molecule has 0 fully saturated rings. The first-order valence-corrected chi connectivity index (χ1v) is 33.6. The zero-order valence-corrected chi connectivity index (χ0v) is 58.0. The molecule has 108 heavy (non-hydrogen) atoms. The fraction of sp³-hybridized carbons (Fsp3) is 0.0526. The van der Waals surface area contributed by atoms with E-state index in [0.717, 1.165) is 21.6 Å². The third-order valence-electron chi connectivity index (χ3n) is 15.4. The average Bonchev–Trinajstić information content (AvgIpc) is 1.58. The number of nitrogens with zero attached hydrogens (tertiary/aromatic N) is 22. The van der Waals surface area contributed by atoms with E-state index in [2.05, 4.69) is 96.9 Å². The van der Waals surface area contributed by atoms with Gasteiger partial charge in [0.05, 0.1) is 42.5 Å². The molecule has 1 N–H and O–H groups in total. The van der Waals surface area contributed by atoms with Gasteiger partial charge in [0.2, 0.25) is 29.2 Å². The second-order valence-electron chi connectivity index (χ2n) is 22.7. The molecule has 0 aliphatic heterocycles. The number of rotatable bonds is 16. The Hall–Kier alpha value is -14.7. The van der Waals surface area contributed by atoms with E-state index in [1.807, 2.05) is 66.9 Å². The number of tetrazole rings is 4. The number of ether oxygens (including phenoxy) is 2.